The van der Waals surface area contributed by atoms with E-state index in [0.29, 0.717) is 0 Å². The molecule has 0 saturated heterocycles. The SMILES string of the molecule is C/C(=C\c1cc(C)ccc1C)C(C)C=O. The molecule has 0 fully saturated rings. The molecule has 1 unspecified atom stereocenters. The minimum absolute atomic E-state index is 0.00455. The first-order valence-electron chi connectivity index (χ1n) is 5.25. The monoisotopic (exact) mass is 202 g/mol. The molecule has 1 rings (SSSR count). The third kappa shape index (κ3) is 3.05. The first kappa shape index (κ1) is 11.7. The van der Waals surface area contributed by atoms with Gasteiger partial charge in [-0.25, -0.2) is 0 Å². The van der Waals surface area contributed by atoms with Crippen molar-refractivity contribution in [2.75, 3.05) is 0 Å². The Morgan fingerprint density at radius 2 is 2.00 bits per heavy atom. The minimum atomic E-state index is 0.00455. The largest absolute Gasteiger partial charge is 0.303 e. The third-order valence-electron chi connectivity index (χ3n) is 2.74. The van der Waals surface area contributed by atoms with E-state index in [0.717, 1.165) is 11.9 Å². The van der Waals surface area contributed by atoms with Gasteiger partial charge in [-0.1, -0.05) is 42.3 Å². The molecule has 0 radical (unpaired) electrons. The van der Waals surface area contributed by atoms with Crippen LogP contribution in [0.2, 0.25) is 0 Å². The van der Waals surface area contributed by atoms with E-state index in [2.05, 4.69) is 38.1 Å². The van der Waals surface area contributed by atoms with Crippen molar-refractivity contribution >= 4 is 12.4 Å². The van der Waals surface area contributed by atoms with Gasteiger partial charge in [0.05, 0.1) is 0 Å². The highest BCUT2D eigenvalue weighted by Crippen LogP contribution is 2.17. The molecular formula is C14H18O. The predicted octanol–water partition coefficient (Wildman–Crippen LogP) is 3.54. The molecule has 1 aromatic carbocycles. The van der Waals surface area contributed by atoms with Crippen LogP contribution in [-0.2, 0) is 4.79 Å². The lowest BCUT2D eigenvalue weighted by atomic mass is 9.98. The van der Waals surface area contributed by atoms with E-state index < -0.39 is 0 Å². The lowest BCUT2D eigenvalue weighted by molar-refractivity contribution is -0.109. The first-order chi connectivity index (χ1) is 7.04. The second-order valence-electron chi connectivity index (χ2n) is 4.17. The summed E-state index contributed by atoms with van der Waals surface area (Å²) in [5, 5.41) is 0. The number of benzene rings is 1. The highest BCUT2D eigenvalue weighted by Gasteiger charge is 2.03. The van der Waals surface area contributed by atoms with Crippen LogP contribution >= 0.6 is 0 Å². The number of aryl methyl sites for hydroxylation is 2. The molecule has 1 nitrogen and oxygen atoms in total. The van der Waals surface area contributed by atoms with Crippen LogP contribution in [0.4, 0.5) is 0 Å². The molecular weight excluding hydrogens is 184 g/mol. The second kappa shape index (κ2) is 4.92. The molecule has 15 heavy (non-hydrogen) atoms. The van der Waals surface area contributed by atoms with E-state index >= 15 is 0 Å². The van der Waals surface area contributed by atoms with Gasteiger partial charge >= 0.3 is 0 Å². The zero-order chi connectivity index (χ0) is 11.4. The van der Waals surface area contributed by atoms with Crippen molar-refractivity contribution in [3.63, 3.8) is 0 Å². The molecule has 0 spiro atoms. The Morgan fingerprint density at radius 1 is 1.33 bits per heavy atom. The van der Waals surface area contributed by atoms with Gasteiger partial charge in [0.25, 0.3) is 0 Å². The summed E-state index contributed by atoms with van der Waals surface area (Å²) in [6.07, 6.45) is 3.08. The highest BCUT2D eigenvalue weighted by molar-refractivity contribution is 5.65. The maximum Gasteiger partial charge on any atom is 0.126 e. The summed E-state index contributed by atoms with van der Waals surface area (Å²) in [5.74, 6) is 0.00455. The Bertz CT molecular complexity index is 388. The van der Waals surface area contributed by atoms with Gasteiger partial charge in [-0.3, -0.25) is 0 Å². The summed E-state index contributed by atoms with van der Waals surface area (Å²) in [7, 11) is 0. The van der Waals surface area contributed by atoms with Crippen molar-refractivity contribution in [2.24, 2.45) is 5.92 Å². The quantitative estimate of drug-likeness (QED) is 0.685. The van der Waals surface area contributed by atoms with Gasteiger partial charge in [-0.05, 0) is 31.9 Å². The second-order valence-corrected chi connectivity index (χ2v) is 4.17. The van der Waals surface area contributed by atoms with E-state index in [9.17, 15) is 4.79 Å². The molecule has 0 aromatic heterocycles. The van der Waals surface area contributed by atoms with Crippen molar-refractivity contribution in [2.45, 2.75) is 27.7 Å². The van der Waals surface area contributed by atoms with Gasteiger partial charge in [-0.2, -0.15) is 0 Å². The Morgan fingerprint density at radius 3 is 2.60 bits per heavy atom. The van der Waals surface area contributed by atoms with Gasteiger partial charge in [0, 0.05) is 5.92 Å². The lowest BCUT2D eigenvalue weighted by Gasteiger charge is -2.07. The van der Waals surface area contributed by atoms with Crippen LogP contribution in [0.3, 0.4) is 0 Å². The maximum absolute atomic E-state index is 10.6. The van der Waals surface area contributed by atoms with Crippen LogP contribution in [0.1, 0.15) is 30.5 Å². The molecule has 0 amide bonds. The Kier molecular flexibility index (Phi) is 3.84. The van der Waals surface area contributed by atoms with Crippen LogP contribution in [0.5, 0.6) is 0 Å². The highest BCUT2D eigenvalue weighted by atomic mass is 16.1. The average molecular weight is 202 g/mol. The van der Waals surface area contributed by atoms with Crippen LogP contribution < -0.4 is 0 Å². The molecule has 0 N–H and O–H groups in total. The van der Waals surface area contributed by atoms with E-state index in [4.69, 9.17) is 0 Å². The zero-order valence-corrected chi connectivity index (χ0v) is 9.87. The van der Waals surface area contributed by atoms with E-state index in [1.807, 2.05) is 13.8 Å². The van der Waals surface area contributed by atoms with Gasteiger partial charge < -0.3 is 4.79 Å². The normalized spacial score (nSPS) is 13.7. The number of carbonyl (C=O) groups excluding carboxylic acids is 1. The molecule has 1 aromatic rings. The molecule has 0 aliphatic carbocycles. The molecule has 0 aliphatic rings. The Hall–Kier alpha value is -1.37. The molecule has 0 saturated carbocycles. The summed E-state index contributed by atoms with van der Waals surface area (Å²) in [6.45, 7) is 8.09. The Labute approximate surface area is 91.8 Å². The summed E-state index contributed by atoms with van der Waals surface area (Å²) in [4.78, 5) is 10.6. The topological polar surface area (TPSA) is 17.1 Å². The Balaban J connectivity index is 3.06. The van der Waals surface area contributed by atoms with E-state index in [1.165, 1.54) is 16.7 Å². The van der Waals surface area contributed by atoms with Gasteiger partial charge in [0.15, 0.2) is 0 Å². The number of carbonyl (C=O) groups is 1. The lowest BCUT2D eigenvalue weighted by Crippen LogP contribution is -1.97. The number of hydrogen-bond donors (Lipinski definition) is 0. The van der Waals surface area contributed by atoms with Crippen molar-refractivity contribution in [3.05, 3.63) is 40.5 Å². The smallest absolute Gasteiger partial charge is 0.126 e. The van der Waals surface area contributed by atoms with Crippen molar-refractivity contribution in [3.8, 4) is 0 Å². The average Bonchev–Trinajstić information content (AvgIpc) is 2.22. The molecule has 80 valence electrons. The van der Waals surface area contributed by atoms with Crippen molar-refractivity contribution < 1.29 is 4.79 Å². The van der Waals surface area contributed by atoms with Crippen molar-refractivity contribution in [1.82, 2.24) is 0 Å². The fourth-order valence-electron chi connectivity index (χ4n) is 1.40. The molecule has 0 bridgehead atoms. The standard InChI is InChI=1S/C14H18O/c1-10-5-6-11(2)14(7-10)8-12(3)13(4)9-15/h5-9,13H,1-4H3/b12-8+. The maximum atomic E-state index is 10.6. The summed E-state index contributed by atoms with van der Waals surface area (Å²) >= 11 is 0. The summed E-state index contributed by atoms with van der Waals surface area (Å²) < 4.78 is 0. The van der Waals surface area contributed by atoms with E-state index in [1.54, 1.807) is 0 Å². The predicted molar refractivity (Wildman–Crippen MR) is 64.8 cm³/mol. The molecule has 1 heteroatoms. The molecule has 0 heterocycles. The van der Waals surface area contributed by atoms with Crippen LogP contribution in [0.25, 0.3) is 6.08 Å². The van der Waals surface area contributed by atoms with E-state index in [-0.39, 0.29) is 5.92 Å². The van der Waals surface area contributed by atoms with Crippen LogP contribution in [-0.4, -0.2) is 6.29 Å². The third-order valence-corrected chi connectivity index (χ3v) is 2.74. The summed E-state index contributed by atoms with van der Waals surface area (Å²) in [6, 6.07) is 6.36. The molecule has 1 atom stereocenters. The number of rotatable bonds is 3. The minimum Gasteiger partial charge on any atom is -0.303 e. The van der Waals surface area contributed by atoms with Gasteiger partial charge in [0.2, 0.25) is 0 Å². The van der Waals surface area contributed by atoms with Crippen LogP contribution in [0, 0.1) is 19.8 Å². The van der Waals surface area contributed by atoms with Gasteiger partial charge in [0.1, 0.15) is 6.29 Å². The number of aldehydes is 1. The van der Waals surface area contributed by atoms with Crippen LogP contribution in [0.15, 0.2) is 23.8 Å². The zero-order valence-electron chi connectivity index (χ0n) is 9.87. The van der Waals surface area contributed by atoms with Crippen molar-refractivity contribution in [1.29, 1.82) is 0 Å². The fourth-order valence-corrected chi connectivity index (χ4v) is 1.40. The van der Waals surface area contributed by atoms with Gasteiger partial charge in [-0.15, -0.1) is 0 Å². The number of allylic oxidation sites excluding steroid dienone is 1. The first-order valence-corrected chi connectivity index (χ1v) is 5.25. The number of hydrogen-bond acceptors (Lipinski definition) is 1. The summed E-state index contributed by atoms with van der Waals surface area (Å²) in [5.41, 5.74) is 4.82. The fraction of sp³-hybridized carbons (Fsp3) is 0.357. The molecule has 0 aliphatic heterocycles.